The number of hydrogen-bond acceptors (Lipinski definition) is 4. The van der Waals surface area contributed by atoms with Crippen molar-refractivity contribution >= 4 is 38.9 Å². The second-order valence-electron chi connectivity index (χ2n) is 7.59. The Morgan fingerprint density at radius 2 is 1.93 bits per heavy atom. The predicted molar refractivity (Wildman–Crippen MR) is 112 cm³/mol. The average molecular weight is 449 g/mol. The summed E-state index contributed by atoms with van der Waals surface area (Å²) in [5.41, 5.74) is -0.432. The normalized spacial score (nSPS) is 15.0. The van der Waals surface area contributed by atoms with E-state index in [-0.39, 0.29) is 12.5 Å². The zero-order valence-electron chi connectivity index (χ0n) is 16.4. The highest BCUT2D eigenvalue weighted by Gasteiger charge is 2.29. The predicted octanol–water partition coefficient (Wildman–Crippen LogP) is 2.83. The molecule has 0 aliphatic carbocycles. The van der Waals surface area contributed by atoms with Crippen LogP contribution in [0.5, 0.6) is 0 Å². The monoisotopic (exact) mass is 448 g/mol. The van der Waals surface area contributed by atoms with E-state index >= 15 is 0 Å². The van der Waals surface area contributed by atoms with Crippen LogP contribution in [0.2, 0.25) is 0 Å². The molecule has 0 spiro atoms. The largest absolute Gasteiger partial charge is 0.390 e. The van der Waals surface area contributed by atoms with E-state index in [0.717, 1.165) is 20.6 Å². The number of hydrogen-bond donors (Lipinski definition) is 1. The molecule has 0 bridgehead atoms. The van der Waals surface area contributed by atoms with Crippen molar-refractivity contribution in [3.05, 3.63) is 31.3 Å². The van der Waals surface area contributed by atoms with Crippen molar-refractivity contribution in [2.24, 2.45) is 5.92 Å². The van der Waals surface area contributed by atoms with Crippen molar-refractivity contribution in [1.29, 1.82) is 0 Å². The van der Waals surface area contributed by atoms with Crippen LogP contribution in [0.25, 0.3) is 10.2 Å². The second-order valence-corrected chi connectivity index (χ2v) is 9.06. The maximum absolute atomic E-state index is 13.1. The van der Waals surface area contributed by atoms with Crippen molar-refractivity contribution in [1.82, 2.24) is 19.4 Å². The lowest BCUT2D eigenvalue weighted by Crippen LogP contribution is -2.41. The topological polar surface area (TPSA) is 59.3 Å². The van der Waals surface area contributed by atoms with E-state index in [1.807, 2.05) is 18.7 Å². The molecule has 0 amide bonds. The first kappa shape index (κ1) is 21.8. The summed E-state index contributed by atoms with van der Waals surface area (Å²) in [6.07, 6.45) is -5.53. The molecule has 0 aromatic carbocycles. The van der Waals surface area contributed by atoms with E-state index in [0.29, 0.717) is 34.0 Å². The molecule has 0 saturated carbocycles. The molecule has 1 N–H and O–H groups in total. The molecule has 0 radical (unpaired) electrons. The van der Waals surface area contributed by atoms with Crippen LogP contribution in [-0.2, 0) is 19.6 Å². The average Bonchev–Trinajstić information content (AvgIpc) is 3.15. The number of halogens is 3. The lowest BCUT2D eigenvalue weighted by atomic mass is 10.2. The molecule has 160 valence electrons. The lowest BCUT2D eigenvalue weighted by Gasteiger charge is -2.15. The van der Waals surface area contributed by atoms with E-state index in [9.17, 15) is 22.8 Å². The molecule has 0 atom stereocenters. The van der Waals surface area contributed by atoms with Crippen LogP contribution in [0.3, 0.4) is 0 Å². The first-order valence-corrected chi connectivity index (χ1v) is 10.6. The first-order chi connectivity index (χ1) is 13.5. The molecule has 29 heavy (non-hydrogen) atoms. The van der Waals surface area contributed by atoms with Gasteiger partial charge in [0.05, 0.1) is 18.4 Å². The van der Waals surface area contributed by atoms with Gasteiger partial charge in [0.25, 0.3) is 5.56 Å². The molecule has 1 saturated heterocycles. The smallest absolute Gasteiger partial charge is 0.361 e. The van der Waals surface area contributed by atoms with E-state index < -0.39 is 30.4 Å². The molecule has 6 nitrogen and oxygen atoms in total. The minimum atomic E-state index is -4.40. The summed E-state index contributed by atoms with van der Waals surface area (Å²) in [5.74, 6) is 0.000348. The van der Waals surface area contributed by atoms with Crippen LogP contribution in [-0.4, -0.2) is 38.4 Å². The Bertz CT molecular complexity index is 1050. The van der Waals surface area contributed by atoms with Gasteiger partial charge in [0, 0.05) is 31.1 Å². The van der Waals surface area contributed by atoms with Gasteiger partial charge in [-0.2, -0.15) is 13.2 Å². The van der Waals surface area contributed by atoms with Gasteiger partial charge in [-0.1, -0.05) is 13.8 Å². The minimum absolute atomic E-state index is 0.000348. The van der Waals surface area contributed by atoms with Crippen LogP contribution in [0, 0.1) is 12.8 Å². The maximum Gasteiger partial charge on any atom is 0.390 e. The van der Waals surface area contributed by atoms with Crippen molar-refractivity contribution in [3.63, 3.8) is 0 Å². The molecule has 1 aliphatic heterocycles. The molecule has 2 aromatic rings. The number of nitrogens with zero attached hydrogens (tertiary/aromatic N) is 3. The van der Waals surface area contributed by atoms with E-state index in [1.54, 1.807) is 6.92 Å². The van der Waals surface area contributed by atoms with E-state index in [1.165, 1.54) is 11.3 Å². The number of aromatic nitrogens is 2. The fourth-order valence-electron chi connectivity index (χ4n) is 3.39. The Kier molecular flexibility index (Phi) is 6.09. The van der Waals surface area contributed by atoms with Gasteiger partial charge < -0.3 is 10.2 Å². The Morgan fingerprint density at radius 3 is 2.48 bits per heavy atom. The van der Waals surface area contributed by atoms with Gasteiger partial charge in [0.1, 0.15) is 4.83 Å². The van der Waals surface area contributed by atoms with Crippen molar-refractivity contribution in [2.45, 2.75) is 53.0 Å². The summed E-state index contributed by atoms with van der Waals surface area (Å²) in [7, 11) is 0. The van der Waals surface area contributed by atoms with Crippen LogP contribution >= 0.6 is 23.6 Å². The van der Waals surface area contributed by atoms with Gasteiger partial charge in [0.2, 0.25) is 0 Å². The number of thiophene rings is 1. The summed E-state index contributed by atoms with van der Waals surface area (Å²) >= 11 is 6.46. The van der Waals surface area contributed by atoms with Gasteiger partial charge in [0.15, 0.2) is 5.11 Å². The van der Waals surface area contributed by atoms with Crippen LogP contribution in [0.4, 0.5) is 13.2 Å². The molecule has 2 aromatic heterocycles. The maximum atomic E-state index is 13.1. The summed E-state index contributed by atoms with van der Waals surface area (Å²) in [4.78, 5) is 29.0. The highest BCUT2D eigenvalue weighted by molar-refractivity contribution is 7.80. The van der Waals surface area contributed by atoms with Gasteiger partial charge in [-0.25, -0.2) is 4.79 Å². The molecule has 1 fully saturated rings. The van der Waals surface area contributed by atoms with Gasteiger partial charge >= 0.3 is 11.9 Å². The Labute approximate surface area is 174 Å². The highest BCUT2D eigenvalue weighted by atomic mass is 32.1. The third-order valence-corrected chi connectivity index (χ3v) is 6.54. The molecule has 0 unspecified atom stereocenters. The molecular formula is C18H23F3N4O2S2. The molecule has 3 heterocycles. The summed E-state index contributed by atoms with van der Waals surface area (Å²) in [6.45, 7) is 7.01. The third-order valence-electron chi connectivity index (χ3n) is 4.84. The zero-order valence-corrected chi connectivity index (χ0v) is 18.1. The van der Waals surface area contributed by atoms with Crippen molar-refractivity contribution in [2.75, 3.05) is 13.1 Å². The van der Waals surface area contributed by atoms with Gasteiger partial charge in [-0.15, -0.1) is 11.3 Å². The molecular weight excluding hydrogens is 425 g/mol. The molecule has 11 heteroatoms. The second kappa shape index (κ2) is 8.10. The highest BCUT2D eigenvalue weighted by Crippen LogP contribution is 2.30. The molecule has 3 rings (SSSR count). The summed E-state index contributed by atoms with van der Waals surface area (Å²) in [5, 5.41) is 3.99. The van der Waals surface area contributed by atoms with Gasteiger partial charge in [-0.05, 0) is 30.6 Å². The van der Waals surface area contributed by atoms with Crippen LogP contribution < -0.4 is 16.6 Å². The molecule has 1 aliphatic rings. The Hall–Kier alpha value is -1.88. The number of thiocarbonyl (C=S) groups is 1. The van der Waals surface area contributed by atoms with Crippen molar-refractivity contribution < 1.29 is 13.2 Å². The summed E-state index contributed by atoms with van der Waals surface area (Å²) < 4.78 is 40.7. The number of aryl methyl sites for hydroxylation is 2. The fourth-order valence-corrected chi connectivity index (χ4v) is 4.98. The SMILES string of the molecule is Cc1c(CN2CCNC2=S)sc2c1c(=O)n(CC(C)C)c(=O)n2CCC(F)(F)F. The van der Waals surface area contributed by atoms with E-state index in [4.69, 9.17) is 12.2 Å². The Balaban J connectivity index is 2.17. The standard InChI is InChI=1S/C18H23F3N4O2S2/c1-10(2)8-25-14(26)13-11(3)12(9-23-7-5-22-16(23)28)29-15(13)24(17(25)27)6-4-18(19,20)21/h10H,4-9H2,1-3H3,(H,22,28). The minimum Gasteiger partial charge on any atom is -0.361 e. The quantitative estimate of drug-likeness (QED) is 0.689. The zero-order chi connectivity index (χ0) is 21.5. The van der Waals surface area contributed by atoms with Crippen molar-refractivity contribution in [3.8, 4) is 0 Å². The van der Waals surface area contributed by atoms with Gasteiger partial charge in [-0.3, -0.25) is 13.9 Å². The number of fused-ring (bicyclic) bond motifs is 1. The Morgan fingerprint density at radius 1 is 1.24 bits per heavy atom. The summed E-state index contributed by atoms with van der Waals surface area (Å²) in [6, 6.07) is 0. The fraction of sp³-hybridized carbons (Fsp3) is 0.611. The number of nitrogens with one attached hydrogen (secondary N) is 1. The van der Waals surface area contributed by atoms with E-state index in [2.05, 4.69) is 5.32 Å². The third kappa shape index (κ3) is 4.50. The lowest BCUT2D eigenvalue weighted by molar-refractivity contribution is -0.136. The number of alkyl halides is 3. The van der Waals surface area contributed by atoms with Crippen LogP contribution in [0.1, 0.15) is 30.7 Å². The first-order valence-electron chi connectivity index (χ1n) is 9.34. The van der Waals surface area contributed by atoms with Crippen LogP contribution in [0.15, 0.2) is 9.59 Å². The number of rotatable bonds is 6.